The number of aryl methyl sites for hydroxylation is 1. The van der Waals surface area contributed by atoms with Gasteiger partial charge in [0.25, 0.3) is 0 Å². The highest BCUT2D eigenvalue weighted by Gasteiger charge is 2.25. The number of hydrogen-bond acceptors (Lipinski definition) is 2. The van der Waals surface area contributed by atoms with Gasteiger partial charge in [-0.05, 0) is 43.0 Å². The van der Waals surface area contributed by atoms with Crippen LogP contribution in [0.25, 0.3) is 0 Å². The number of pyridine rings is 1. The van der Waals surface area contributed by atoms with Gasteiger partial charge >= 0.3 is 0 Å². The summed E-state index contributed by atoms with van der Waals surface area (Å²) in [6.07, 6.45) is 4.16. The number of nitrogens with one attached hydrogen (secondary N) is 1. The molecule has 2 atom stereocenters. The molecule has 2 unspecified atom stereocenters. The summed E-state index contributed by atoms with van der Waals surface area (Å²) in [5.41, 5.74) is 3.91. The molecule has 0 aliphatic heterocycles. The number of benzene rings is 1. The third-order valence-corrected chi connectivity index (χ3v) is 4.50. The van der Waals surface area contributed by atoms with Gasteiger partial charge in [-0.1, -0.05) is 40.2 Å². The molecular formula is C16H17BrN2. The number of aromatic nitrogens is 1. The summed E-state index contributed by atoms with van der Waals surface area (Å²) in [5.74, 6) is 0. The zero-order valence-electron chi connectivity index (χ0n) is 10.9. The summed E-state index contributed by atoms with van der Waals surface area (Å²) in [7, 11) is 0. The number of rotatable bonds is 3. The summed E-state index contributed by atoms with van der Waals surface area (Å²) in [5, 5.41) is 3.70. The van der Waals surface area contributed by atoms with E-state index in [-0.39, 0.29) is 0 Å². The van der Waals surface area contributed by atoms with Gasteiger partial charge in [0.05, 0.1) is 11.7 Å². The van der Waals surface area contributed by atoms with Gasteiger partial charge in [0.15, 0.2) is 0 Å². The van der Waals surface area contributed by atoms with Crippen LogP contribution in [0.4, 0.5) is 0 Å². The minimum absolute atomic E-state index is 0.313. The topological polar surface area (TPSA) is 24.9 Å². The first-order valence-electron chi connectivity index (χ1n) is 6.70. The summed E-state index contributed by atoms with van der Waals surface area (Å²) in [6.45, 7) is 2.21. The van der Waals surface area contributed by atoms with E-state index >= 15 is 0 Å². The lowest BCUT2D eigenvalue weighted by Crippen LogP contribution is -2.23. The van der Waals surface area contributed by atoms with E-state index in [4.69, 9.17) is 0 Å². The van der Waals surface area contributed by atoms with Gasteiger partial charge in [0.2, 0.25) is 0 Å². The molecule has 98 valence electrons. The van der Waals surface area contributed by atoms with Crippen molar-refractivity contribution in [2.75, 3.05) is 0 Å². The molecule has 0 saturated heterocycles. The maximum Gasteiger partial charge on any atom is 0.0605 e. The monoisotopic (exact) mass is 316 g/mol. The van der Waals surface area contributed by atoms with E-state index in [1.165, 1.54) is 16.8 Å². The zero-order chi connectivity index (χ0) is 13.2. The largest absolute Gasteiger partial charge is 0.302 e. The Balaban J connectivity index is 1.78. The van der Waals surface area contributed by atoms with Crippen LogP contribution in [-0.2, 0) is 6.42 Å². The Bertz CT molecular complexity index is 582. The predicted octanol–water partition coefficient (Wildman–Crippen LogP) is 4.18. The SMILES string of the molecule is CC(NC1CCc2cccnc21)c1ccccc1Br. The van der Waals surface area contributed by atoms with Crippen molar-refractivity contribution >= 4 is 15.9 Å². The zero-order valence-corrected chi connectivity index (χ0v) is 12.5. The van der Waals surface area contributed by atoms with Gasteiger partial charge in [-0.25, -0.2) is 0 Å². The Morgan fingerprint density at radius 1 is 1.26 bits per heavy atom. The summed E-state index contributed by atoms with van der Waals surface area (Å²) < 4.78 is 1.16. The molecule has 1 heterocycles. The quantitative estimate of drug-likeness (QED) is 0.918. The number of fused-ring (bicyclic) bond motifs is 1. The van der Waals surface area contributed by atoms with Crippen LogP contribution in [0.3, 0.4) is 0 Å². The molecule has 1 aliphatic rings. The molecule has 0 amide bonds. The molecular weight excluding hydrogens is 300 g/mol. The summed E-state index contributed by atoms with van der Waals surface area (Å²) in [6, 6.07) is 13.3. The highest BCUT2D eigenvalue weighted by molar-refractivity contribution is 9.10. The molecule has 1 aromatic heterocycles. The third-order valence-electron chi connectivity index (χ3n) is 3.78. The van der Waals surface area contributed by atoms with Crippen molar-refractivity contribution < 1.29 is 0 Å². The minimum Gasteiger partial charge on any atom is -0.302 e. The molecule has 2 aromatic rings. The number of halogens is 1. The van der Waals surface area contributed by atoms with Crippen molar-refractivity contribution in [3.63, 3.8) is 0 Å². The fourth-order valence-corrected chi connectivity index (χ4v) is 3.42. The Morgan fingerprint density at radius 3 is 2.95 bits per heavy atom. The second kappa shape index (κ2) is 5.43. The highest BCUT2D eigenvalue weighted by Crippen LogP contribution is 2.32. The van der Waals surface area contributed by atoms with E-state index in [1.54, 1.807) is 0 Å². The van der Waals surface area contributed by atoms with Crippen LogP contribution in [0.2, 0.25) is 0 Å². The van der Waals surface area contributed by atoms with Crippen molar-refractivity contribution in [3.8, 4) is 0 Å². The molecule has 1 N–H and O–H groups in total. The Kier molecular flexibility index (Phi) is 3.67. The molecule has 1 aliphatic carbocycles. The van der Waals surface area contributed by atoms with Crippen LogP contribution in [-0.4, -0.2) is 4.98 Å². The van der Waals surface area contributed by atoms with E-state index in [1.807, 2.05) is 18.3 Å². The summed E-state index contributed by atoms with van der Waals surface area (Å²) in [4.78, 5) is 4.54. The molecule has 0 spiro atoms. The van der Waals surface area contributed by atoms with Crippen molar-refractivity contribution in [2.45, 2.75) is 31.8 Å². The molecule has 0 saturated carbocycles. The van der Waals surface area contributed by atoms with Crippen LogP contribution in [0.1, 0.15) is 42.2 Å². The second-order valence-corrected chi connectivity index (χ2v) is 5.90. The average molecular weight is 317 g/mol. The Hall–Kier alpha value is -1.19. The summed E-state index contributed by atoms with van der Waals surface area (Å²) >= 11 is 3.62. The fraction of sp³-hybridized carbons (Fsp3) is 0.312. The Labute approximate surface area is 122 Å². The molecule has 19 heavy (non-hydrogen) atoms. The van der Waals surface area contributed by atoms with Gasteiger partial charge in [-0.3, -0.25) is 4.98 Å². The van der Waals surface area contributed by atoms with E-state index in [0.717, 1.165) is 17.3 Å². The van der Waals surface area contributed by atoms with E-state index < -0.39 is 0 Å². The van der Waals surface area contributed by atoms with Gasteiger partial charge in [0.1, 0.15) is 0 Å². The smallest absolute Gasteiger partial charge is 0.0605 e. The first kappa shape index (κ1) is 12.8. The highest BCUT2D eigenvalue weighted by atomic mass is 79.9. The maximum absolute atomic E-state index is 4.54. The minimum atomic E-state index is 0.313. The average Bonchev–Trinajstić information content (AvgIpc) is 2.83. The molecule has 3 rings (SSSR count). The molecule has 1 aromatic carbocycles. The molecule has 0 radical (unpaired) electrons. The van der Waals surface area contributed by atoms with Gasteiger partial charge < -0.3 is 5.32 Å². The fourth-order valence-electron chi connectivity index (χ4n) is 2.79. The first-order valence-corrected chi connectivity index (χ1v) is 7.49. The van der Waals surface area contributed by atoms with Crippen LogP contribution < -0.4 is 5.32 Å². The van der Waals surface area contributed by atoms with Gasteiger partial charge in [-0.2, -0.15) is 0 Å². The number of nitrogens with zero attached hydrogens (tertiary/aromatic N) is 1. The molecule has 3 heteroatoms. The van der Waals surface area contributed by atoms with Gasteiger partial charge in [-0.15, -0.1) is 0 Å². The molecule has 0 fully saturated rings. The molecule has 2 nitrogen and oxygen atoms in total. The first-order chi connectivity index (χ1) is 9.25. The maximum atomic E-state index is 4.54. The number of hydrogen-bond donors (Lipinski definition) is 1. The predicted molar refractivity (Wildman–Crippen MR) is 81.0 cm³/mol. The van der Waals surface area contributed by atoms with Crippen LogP contribution in [0.5, 0.6) is 0 Å². The van der Waals surface area contributed by atoms with Crippen LogP contribution in [0.15, 0.2) is 47.1 Å². The standard InChI is InChI=1S/C16H17BrN2/c1-11(13-6-2-3-7-14(13)17)19-15-9-8-12-5-4-10-18-16(12)15/h2-7,10-11,15,19H,8-9H2,1H3. The van der Waals surface area contributed by atoms with Crippen molar-refractivity contribution in [2.24, 2.45) is 0 Å². The lowest BCUT2D eigenvalue weighted by Gasteiger charge is -2.21. The van der Waals surface area contributed by atoms with E-state index in [0.29, 0.717) is 12.1 Å². The van der Waals surface area contributed by atoms with Crippen LogP contribution in [0, 0.1) is 0 Å². The normalized spacial score (nSPS) is 19.2. The van der Waals surface area contributed by atoms with E-state index in [2.05, 4.69) is 57.4 Å². The van der Waals surface area contributed by atoms with E-state index in [9.17, 15) is 0 Å². The second-order valence-electron chi connectivity index (χ2n) is 5.05. The molecule has 0 bridgehead atoms. The van der Waals surface area contributed by atoms with Crippen LogP contribution >= 0.6 is 15.9 Å². The Morgan fingerprint density at radius 2 is 2.11 bits per heavy atom. The van der Waals surface area contributed by atoms with Gasteiger partial charge in [0, 0.05) is 16.7 Å². The van der Waals surface area contributed by atoms with Crippen molar-refractivity contribution in [3.05, 3.63) is 63.9 Å². The van der Waals surface area contributed by atoms with Crippen molar-refractivity contribution in [1.29, 1.82) is 0 Å². The third kappa shape index (κ3) is 2.58. The lowest BCUT2D eigenvalue weighted by molar-refractivity contribution is 0.457. The van der Waals surface area contributed by atoms with Crippen molar-refractivity contribution in [1.82, 2.24) is 10.3 Å². The lowest BCUT2D eigenvalue weighted by atomic mass is 10.1.